The summed E-state index contributed by atoms with van der Waals surface area (Å²) in [5.74, 6) is -0.796. The highest BCUT2D eigenvalue weighted by molar-refractivity contribution is 9.10. The first-order valence-electron chi connectivity index (χ1n) is 6.77. The van der Waals surface area contributed by atoms with E-state index in [0.29, 0.717) is 15.9 Å². The van der Waals surface area contributed by atoms with Crippen molar-refractivity contribution < 1.29 is 19.1 Å². The van der Waals surface area contributed by atoms with Crippen LogP contribution in [-0.2, 0) is 20.8 Å². The maximum absolute atomic E-state index is 11.9. The Morgan fingerprint density at radius 2 is 1.95 bits per heavy atom. The molecule has 1 heterocycles. The second kappa shape index (κ2) is 7.06. The van der Waals surface area contributed by atoms with Gasteiger partial charge in [-0.15, -0.1) is 0 Å². The first kappa shape index (κ1) is 17.7. The van der Waals surface area contributed by atoms with Gasteiger partial charge in [0.2, 0.25) is 0 Å². The first-order valence-corrected chi connectivity index (χ1v) is 7.57. The minimum absolute atomic E-state index is 0.136. The molecule has 0 atom stereocenters. The topological polar surface area (TPSA) is 70.4 Å². The second-order valence-electron chi connectivity index (χ2n) is 5.53. The average Bonchev–Trinajstić information content (AvgIpc) is 2.61. The van der Waals surface area contributed by atoms with Gasteiger partial charge in [-0.1, -0.05) is 0 Å². The van der Waals surface area contributed by atoms with Crippen LogP contribution in [-0.4, -0.2) is 33.9 Å². The molecule has 0 amide bonds. The minimum Gasteiger partial charge on any atom is -0.461 e. The van der Waals surface area contributed by atoms with Crippen LogP contribution in [0.3, 0.4) is 0 Å². The number of nitrogens with zero attached hydrogens (tertiary/aromatic N) is 2. The molecular formula is C14H21BrN2O4. The van der Waals surface area contributed by atoms with E-state index in [-0.39, 0.29) is 25.5 Å². The van der Waals surface area contributed by atoms with Gasteiger partial charge in [0, 0.05) is 0 Å². The van der Waals surface area contributed by atoms with Gasteiger partial charge >= 0.3 is 11.9 Å². The van der Waals surface area contributed by atoms with Crippen LogP contribution >= 0.6 is 15.9 Å². The number of hydrogen-bond acceptors (Lipinski definition) is 5. The normalized spacial score (nSPS) is 11.3. The van der Waals surface area contributed by atoms with Gasteiger partial charge in [-0.2, -0.15) is 5.10 Å². The number of halogens is 1. The van der Waals surface area contributed by atoms with Gasteiger partial charge in [0.25, 0.3) is 0 Å². The largest absolute Gasteiger partial charge is 0.461 e. The maximum atomic E-state index is 11.9. The molecule has 0 aliphatic carbocycles. The van der Waals surface area contributed by atoms with E-state index in [9.17, 15) is 9.59 Å². The Hall–Kier alpha value is -1.37. The van der Waals surface area contributed by atoms with Crippen molar-refractivity contribution in [3.05, 3.63) is 15.9 Å². The number of carbonyl (C=O) groups excluding carboxylic acids is 2. The van der Waals surface area contributed by atoms with E-state index in [1.165, 1.54) is 4.68 Å². The van der Waals surface area contributed by atoms with E-state index >= 15 is 0 Å². The molecule has 0 aromatic carbocycles. The van der Waals surface area contributed by atoms with Crippen molar-refractivity contribution in [3.63, 3.8) is 0 Å². The molecule has 0 radical (unpaired) electrons. The quantitative estimate of drug-likeness (QED) is 0.755. The third kappa shape index (κ3) is 5.15. The van der Waals surface area contributed by atoms with Gasteiger partial charge < -0.3 is 9.47 Å². The van der Waals surface area contributed by atoms with Gasteiger partial charge in [0.15, 0.2) is 5.69 Å². The Labute approximate surface area is 132 Å². The Bertz CT molecular complexity index is 532. The Morgan fingerprint density at radius 3 is 2.48 bits per heavy atom. The van der Waals surface area contributed by atoms with Gasteiger partial charge in [0.05, 0.1) is 29.7 Å². The van der Waals surface area contributed by atoms with Crippen LogP contribution in [0, 0.1) is 6.92 Å². The highest BCUT2D eigenvalue weighted by atomic mass is 79.9. The van der Waals surface area contributed by atoms with Crippen LogP contribution in [0.25, 0.3) is 0 Å². The molecule has 1 rings (SSSR count). The van der Waals surface area contributed by atoms with Crippen LogP contribution in [0.1, 0.15) is 50.3 Å². The number of carbonyl (C=O) groups is 2. The average molecular weight is 361 g/mol. The second-order valence-corrected chi connectivity index (χ2v) is 6.32. The number of ether oxygens (including phenoxy) is 2. The molecule has 118 valence electrons. The van der Waals surface area contributed by atoms with Crippen molar-refractivity contribution in [2.75, 3.05) is 6.61 Å². The third-order valence-corrected chi connectivity index (χ3v) is 3.42. The van der Waals surface area contributed by atoms with Crippen molar-refractivity contribution in [3.8, 4) is 0 Å². The summed E-state index contributed by atoms with van der Waals surface area (Å²) in [6.07, 6.45) is 0.136. The minimum atomic E-state index is -0.526. The van der Waals surface area contributed by atoms with Crippen LogP contribution in [0.2, 0.25) is 0 Å². The van der Waals surface area contributed by atoms with E-state index in [2.05, 4.69) is 21.0 Å². The summed E-state index contributed by atoms with van der Waals surface area (Å²) in [6, 6.07) is 0. The molecule has 0 aliphatic rings. The lowest BCUT2D eigenvalue weighted by Crippen LogP contribution is -2.25. The highest BCUT2D eigenvalue weighted by Gasteiger charge is 2.22. The molecule has 7 heteroatoms. The van der Waals surface area contributed by atoms with Crippen molar-refractivity contribution in [1.82, 2.24) is 9.78 Å². The molecule has 0 N–H and O–H groups in total. The molecular weight excluding hydrogens is 340 g/mol. The summed E-state index contributed by atoms with van der Waals surface area (Å²) in [6.45, 7) is 9.48. The summed E-state index contributed by atoms with van der Waals surface area (Å²) < 4.78 is 12.3. The smallest absolute Gasteiger partial charge is 0.357 e. The molecule has 21 heavy (non-hydrogen) atoms. The summed E-state index contributed by atoms with van der Waals surface area (Å²) in [7, 11) is 0. The molecule has 0 spiro atoms. The van der Waals surface area contributed by atoms with Gasteiger partial charge in [-0.3, -0.25) is 9.48 Å². The zero-order chi connectivity index (χ0) is 16.2. The van der Waals surface area contributed by atoms with Crippen LogP contribution < -0.4 is 0 Å². The zero-order valence-electron chi connectivity index (χ0n) is 13.0. The van der Waals surface area contributed by atoms with Gasteiger partial charge in [-0.05, 0) is 50.5 Å². The monoisotopic (exact) mass is 360 g/mol. The fourth-order valence-electron chi connectivity index (χ4n) is 1.71. The number of esters is 2. The number of aromatic nitrogens is 2. The highest BCUT2D eigenvalue weighted by Crippen LogP contribution is 2.22. The Kier molecular flexibility index (Phi) is 5.95. The summed E-state index contributed by atoms with van der Waals surface area (Å²) >= 11 is 3.33. The Balaban J connectivity index is 2.82. The van der Waals surface area contributed by atoms with Crippen LogP contribution in [0.5, 0.6) is 0 Å². The molecule has 0 saturated carbocycles. The van der Waals surface area contributed by atoms with E-state index in [4.69, 9.17) is 9.47 Å². The number of hydrogen-bond donors (Lipinski definition) is 0. The lowest BCUT2D eigenvalue weighted by Gasteiger charge is -2.19. The first-order chi connectivity index (χ1) is 9.65. The lowest BCUT2D eigenvalue weighted by molar-refractivity contribution is -0.155. The maximum Gasteiger partial charge on any atom is 0.357 e. The SMILES string of the molecule is CCOC(=O)c1c(Br)c(C)nn1CCC(=O)OC(C)(C)C. The van der Waals surface area contributed by atoms with Crippen LogP contribution in [0.4, 0.5) is 0 Å². The van der Waals surface area contributed by atoms with Crippen LogP contribution in [0.15, 0.2) is 4.47 Å². The summed E-state index contributed by atoms with van der Waals surface area (Å²) in [5.41, 5.74) is 0.460. The van der Waals surface area contributed by atoms with Crippen molar-refractivity contribution in [1.29, 1.82) is 0 Å². The summed E-state index contributed by atoms with van der Waals surface area (Å²) in [5, 5.41) is 4.24. The predicted molar refractivity (Wildman–Crippen MR) is 81.1 cm³/mol. The lowest BCUT2D eigenvalue weighted by atomic mass is 10.2. The fraction of sp³-hybridized carbons (Fsp3) is 0.643. The molecule has 1 aromatic rings. The molecule has 6 nitrogen and oxygen atoms in total. The van der Waals surface area contributed by atoms with E-state index in [0.717, 1.165) is 0 Å². The van der Waals surface area contributed by atoms with Crippen molar-refractivity contribution in [2.24, 2.45) is 0 Å². The zero-order valence-corrected chi connectivity index (χ0v) is 14.6. The predicted octanol–water partition coefficient (Wildman–Crippen LogP) is 2.86. The van der Waals surface area contributed by atoms with E-state index in [1.54, 1.807) is 13.8 Å². The molecule has 0 fully saturated rings. The Morgan fingerprint density at radius 1 is 1.33 bits per heavy atom. The van der Waals surface area contributed by atoms with Crippen molar-refractivity contribution >= 4 is 27.9 Å². The number of rotatable bonds is 5. The van der Waals surface area contributed by atoms with E-state index in [1.807, 2.05) is 20.8 Å². The molecule has 0 unspecified atom stereocenters. The van der Waals surface area contributed by atoms with Gasteiger partial charge in [-0.25, -0.2) is 4.79 Å². The van der Waals surface area contributed by atoms with Crippen molar-refractivity contribution in [2.45, 2.75) is 53.2 Å². The van der Waals surface area contributed by atoms with Gasteiger partial charge in [0.1, 0.15) is 5.60 Å². The van der Waals surface area contributed by atoms with E-state index < -0.39 is 11.6 Å². The summed E-state index contributed by atoms with van der Waals surface area (Å²) in [4.78, 5) is 23.7. The standard InChI is InChI=1S/C14H21BrN2O4/c1-6-20-13(19)12-11(15)9(2)16-17(12)8-7-10(18)21-14(3,4)5/h6-8H2,1-5H3. The third-order valence-electron chi connectivity index (χ3n) is 2.47. The molecule has 0 saturated heterocycles. The number of aryl methyl sites for hydroxylation is 2. The fourth-order valence-corrected chi connectivity index (χ4v) is 2.15. The molecule has 0 bridgehead atoms. The molecule has 0 aliphatic heterocycles. The molecule has 1 aromatic heterocycles.